The standard InChI is InChI=1S/C18H24N6O3/c1-6-27-18(25)14-11(3)22-24(15(14)19)17-13-10(2)12(4)23(7-8-26-5)16(13)20-9-21-17/h9H,6-8,19H2,1-5H3. The van der Waals surface area contributed by atoms with Gasteiger partial charge >= 0.3 is 5.97 Å². The number of anilines is 1. The van der Waals surface area contributed by atoms with Gasteiger partial charge in [-0.15, -0.1) is 0 Å². The molecule has 3 aromatic heterocycles. The Morgan fingerprint density at radius 3 is 2.67 bits per heavy atom. The number of aryl methyl sites for hydroxylation is 2. The Balaban J connectivity index is 2.22. The van der Waals surface area contributed by atoms with Crippen LogP contribution in [-0.2, 0) is 16.0 Å². The summed E-state index contributed by atoms with van der Waals surface area (Å²) in [6, 6.07) is 0. The average molecular weight is 372 g/mol. The number of aromatic nitrogens is 5. The van der Waals surface area contributed by atoms with Gasteiger partial charge in [0.05, 0.1) is 24.3 Å². The van der Waals surface area contributed by atoms with Crippen LogP contribution < -0.4 is 5.73 Å². The van der Waals surface area contributed by atoms with Crippen LogP contribution in [0.3, 0.4) is 0 Å². The van der Waals surface area contributed by atoms with E-state index in [2.05, 4.69) is 19.6 Å². The number of fused-ring (bicyclic) bond motifs is 1. The van der Waals surface area contributed by atoms with Gasteiger partial charge in [0, 0.05) is 19.3 Å². The molecule has 0 aliphatic heterocycles. The molecule has 9 heteroatoms. The van der Waals surface area contributed by atoms with Gasteiger partial charge in [0.15, 0.2) is 5.82 Å². The first-order valence-corrected chi connectivity index (χ1v) is 8.74. The maximum absolute atomic E-state index is 12.2. The zero-order valence-corrected chi connectivity index (χ0v) is 16.2. The van der Waals surface area contributed by atoms with Gasteiger partial charge in [-0.05, 0) is 33.3 Å². The van der Waals surface area contributed by atoms with E-state index in [1.54, 1.807) is 21.0 Å². The van der Waals surface area contributed by atoms with Crippen LogP contribution in [0.25, 0.3) is 16.9 Å². The van der Waals surface area contributed by atoms with E-state index in [0.29, 0.717) is 24.7 Å². The van der Waals surface area contributed by atoms with Crippen LogP contribution in [0.2, 0.25) is 0 Å². The molecule has 0 aliphatic carbocycles. The number of nitrogen functional groups attached to an aromatic ring is 1. The minimum atomic E-state index is -0.491. The molecule has 0 fully saturated rings. The van der Waals surface area contributed by atoms with Crippen LogP contribution in [0.4, 0.5) is 5.82 Å². The van der Waals surface area contributed by atoms with E-state index in [1.807, 2.05) is 13.8 Å². The van der Waals surface area contributed by atoms with Gasteiger partial charge in [0.2, 0.25) is 0 Å². The topological polar surface area (TPSA) is 110 Å². The second kappa shape index (κ2) is 7.36. The molecule has 0 saturated carbocycles. The number of nitrogens with zero attached hydrogens (tertiary/aromatic N) is 5. The van der Waals surface area contributed by atoms with Crippen molar-refractivity contribution in [2.24, 2.45) is 0 Å². The Hall–Kier alpha value is -2.94. The summed E-state index contributed by atoms with van der Waals surface area (Å²) in [5.41, 5.74) is 9.87. The molecule has 2 N–H and O–H groups in total. The van der Waals surface area contributed by atoms with E-state index in [-0.39, 0.29) is 18.0 Å². The number of carbonyl (C=O) groups excluding carboxylic acids is 1. The maximum atomic E-state index is 12.2. The Bertz CT molecular complexity index is 1000. The number of rotatable bonds is 6. The predicted octanol–water partition coefficient (Wildman–Crippen LogP) is 1.95. The van der Waals surface area contributed by atoms with Gasteiger partial charge in [-0.3, -0.25) is 0 Å². The fourth-order valence-electron chi connectivity index (χ4n) is 3.23. The van der Waals surface area contributed by atoms with Crippen molar-refractivity contribution in [1.82, 2.24) is 24.3 Å². The summed E-state index contributed by atoms with van der Waals surface area (Å²) in [6.45, 7) is 9.01. The second-order valence-corrected chi connectivity index (χ2v) is 6.23. The van der Waals surface area contributed by atoms with Crippen molar-refractivity contribution in [2.45, 2.75) is 34.2 Å². The first kappa shape index (κ1) is 18.8. The first-order chi connectivity index (χ1) is 12.9. The van der Waals surface area contributed by atoms with Crippen molar-refractivity contribution in [3.8, 4) is 5.82 Å². The van der Waals surface area contributed by atoms with Gasteiger partial charge < -0.3 is 19.8 Å². The first-order valence-electron chi connectivity index (χ1n) is 8.74. The van der Waals surface area contributed by atoms with Crippen LogP contribution >= 0.6 is 0 Å². The summed E-state index contributed by atoms with van der Waals surface area (Å²) in [7, 11) is 1.67. The van der Waals surface area contributed by atoms with E-state index < -0.39 is 5.97 Å². The molecule has 0 unspecified atom stereocenters. The van der Waals surface area contributed by atoms with Gasteiger partial charge in [0.25, 0.3) is 0 Å². The molecule has 0 atom stereocenters. The van der Waals surface area contributed by atoms with E-state index in [1.165, 1.54) is 11.0 Å². The number of hydrogen-bond donors (Lipinski definition) is 1. The lowest BCUT2D eigenvalue weighted by Crippen LogP contribution is -2.11. The minimum Gasteiger partial charge on any atom is -0.462 e. The maximum Gasteiger partial charge on any atom is 0.343 e. The highest BCUT2D eigenvalue weighted by atomic mass is 16.5. The second-order valence-electron chi connectivity index (χ2n) is 6.23. The molecule has 9 nitrogen and oxygen atoms in total. The molecular weight excluding hydrogens is 348 g/mol. The molecule has 0 radical (unpaired) electrons. The number of nitrogens with two attached hydrogens (primary N) is 1. The van der Waals surface area contributed by atoms with Crippen LogP contribution in [0.5, 0.6) is 0 Å². The normalized spacial score (nSPS) is 11.3. The number of esters is 1. The monoisotopic (exact) mass is 372 g/mol. The third-order valence-electron chi connectivity index (χ3n) is 4.68. The highest BCUT2D eigenvalue weighted by Gasteiger charge is 2.25. The van der Waals surface area contributed by atoms with E-state index in [0.717, 1.165) is 22.3 Å². The van der Waals surface area contributed by atoms with Crippen LogP contribution in [0.1, 0.15) is 34.2 Å². The smallest absolute Gasteiger partial charge is 0.343 e. The lowest BCUT2D eigenvalue weighted by molar-refractivity contribution is 0.0527. The van der Waals surface area contributed by atoms with Crippen molar-refractivity contribution in [3.63, 3.8) is 0 Å². The largest absolute Gasteiger partial charge is 0.462 e. The van der Waals surface area contributed by atoms with Crippen molar-refractivity contribution in [2.75, 3.05) is 26.1 Å². The molecule has 27 heavy (non-hydrogen) atoms. The molecule has 0 aliphatic rings. The zero-order valence-electron chi connectivity index (χ0n) is 16.2. The Kier molecular flexibility index (Phi) is 5.13. The Morgan fingerprint density at radius 1 is 1.26 bits per heavy atom. The molecule has 0 saturated heterocycles. The number of hydrogen-bond acceptors (Lipinski definition) is 7. The molecule has 3 rings (SSSR count). The third kappa shape index (κ3) is 3.03. The molecule has 0 aromatic carbocycles. The highest BCUT2D eigenvalue weighted by Crippen LogP contribution is 2.30. The molecule has 144 valence electrons. The average Bonchev–Trinajstić information content (AvgIpc) is 3.07. The third-order valence-corrected chi connectivity index (χ3v) is 4.68. The summed E-state index contributed by atoms with van der Waals surface area (Å²) in [5.74, 6) is 0.246. The number of ether oxygens (including phenoxy) is 2. The summed E-state index contributed by atoms with van der Waals surface area (Å²) >= 11 is 0. The summed E-state index contributed by atoms with van der Waals surface area (Å²) in [4.78, 5) is 21.1. The highest BCUT2D eigenvalue weighted by molar-refractivity contribution is 5.96. The Morgan fingerprint density at radius 2 is 2.00 bits per heavy atom. The van der Waals surface area contributed by atoms with Crippen molar-refractivity contribution in [3.05, 3.63) is 28.8 Å². The molecular formula is C18H24N6O3. The molecule has 0 bridgehead atoms. The summed E-state index contributed by atoms with van der Waals surface area (Å²) in [6.07, 6.45) is 1.47. The van der Waals surface area contributed by atoms with Gasteiger partial charge in [0.1, 0.15) is 23.4 Å². The Labute approximate surface area is 157 Å². The zero-order chi connectivity index (χ0) is 19.7. The minimum absolute atomic E-state index is 0.202. The van der Waals surface area contributed by atoms with Gasteiger partial charge in [-0.25, -0.2) is 14.8 Å². The van der Waals surface area contributed by atoms with Crippen molar-refractivity contribution >= 4 is 22.8 Å². The molecule has 0 spiro atoms. The van der Waals surface area contributed by atoms with Crippen molar-refractivity contribution < 1.29 is 14.3 Å². The number of carbonyl (C=O) groups is 1. The fraction of sp³-hybridized carbons (Fsp3) is 0.444. The van der Waals surface area contributed by atoms with E-state index in [9.17, 15) is 4.79 Å². The predicted molar refractivity (Wildman–Crippen MR) is 101 cm³/mol. The van der Waals surface area contributed by atoms with Crippen LogP contribution in [0, 0.1) is 20.8 Å². The van der Waals surface area contributed by atoms with E-state index in [4.69, 9.17) is 15.2 Å². The quantitative estimate of drug-likeness (QED) is 0.658. The van der Waals surface area contributed by atoms with Crippen LogP contribution in [0.15, 0.2) is 6.33 Å². The van der Waals surface area contributed by atoms with Crippen LogP contribution in [-0.4, -0.2) is 50.6 Å². The van der Waals surface area contributed by atoms with E-state index >= 15 is 0 Å². The molecule has 0 amide bonds. The number of methoxy groups -OCH3 is 1. The fourth-order valence-corrected chi connectivity index (χ4v) is 3.23. The SMILES string of the molecule is CCOC(=O)c1c(C)nn(-c2ncnc3c2c(C)c(C)n3CCOC)c1N. The molecule has 3 aromatic rings. The summed E-state index contributed by atoms with van der Waals surface area (Å²) < 4.78 is 13.9. The lowest BCUT2D eigenvalue weighted by atomic mass is 10.2. The summed E-state index contributed by atoms with van der Waals surface area (Å²) in [5, 5.41) is 5.29. The molecule has 3 heterocycles. The van der Waals surface area contributed by atoms with Gasteiger partial charge in [-0.1, -0.05) is 0 Å². The van der Waals surface area contributed by atoms with Gasteiger partial charge in [-0.2, -0.15) is 9.78 Å². The lowest BCUT2D eigenvalue weighted by Gasteiger charge is -2.08. The van der Waals surface area contributed by atoms with Crippen molar-refractivity contribution in [1.29, 1.82) is 0 Å².